The zero-order valence-electron chi connectivity index (χ0n) is 14.4. The number of aliphatic hydroxyl groups is 1. The number of hydrogen-bond acceptors (Lipinski definition) is 3. The molecule has 0 rings (SSSR count). The topological polar surface area (TPSA) is 86.6 Å². The second-order valence-corrected chi connectivity index (χ2v) is 5.89. The molecule has 5 heteroatoms. The Bertz CT molecular complexity index is 342. The molecule has 0 unspecified atom stereocenters. The number of carbonyl (C=O) groups excluding carboxylic acids is 1. The van der Waals surface area contributed by atoms with Crippen LogP contribution in [0.25, 0.3) is 0 Å². The second-order valence-electron chi connectivity index (χ2n) is 5.89. The maximum Gasteiger partial charge on any atom is 0.326 e. The summed E-state index contributed by atoms with van der Waals surface area (Å²) in [5.74, 6) is -1.34. The molecule has 0 heterocycles. The van der Waals surface area contributed by atoms with Crippen molar-refractivity contribution in [3.05, 3.63) is 12.2 Å². The largest absolute Gasteiger partial charge is 0.480 e. The van der Waals surface area contributed by atoms with Gasteiger partial charge in [-0.05, 0) is 25.7 Å². The Morgan fingerprint density at radius 2 is 1.61 bits per heavy atom. The van der Waals surface area contributed by atoms with Crippen LogP contribution in [0.4, 0.5) is 0 Å². The van der Waals surface area contributed by atoms with Crippen molar-refractivity contribution in [3.8, 4) is 0 Å². The van der Waals surface area contributed by atoms with Gasteiger partial charge in [0, 0.05) is 19.4 Å². The van der Waals surface area contributed by atoms with Crippen LogP contribution in [0.2, 0.25) is 0 Å². The minimum atomic E-state index is -1.10. The van der Waals surface area contributed by atoms with Crippen LogP contribution in [0.15, 0.2) is 12.2 Å². The molecule has 0 aliphatic rings. The summed E-state index contributed by atoms with van der Waals surface area (Å²) in [5.41, 5.74) is 0. The average molecular weight is 327 g/mol. The fourth-order valence-electron chi connectivity index (χ4n) is 2.29. The Morgan fingerprint density at radius 3 is 2.22 bits per heavy atom. The van der Waals surface area contributed by atoms with Crippen molar-refractivity contribution in [2.24, 2.45) is 0 Å². The number of nitrogens with one attached hydrogen (secondary N) is 1. The van der Waals surface area contributed by atoms with Crippen molar-refractivity contribution in [1.82, 2.24) is 5.32 Å². The van der Waals surface area contributed by atoms with Gasteiger partial charge in [-0.15, -0.1) is 0 Å². The molecule has 0 spiro atoms. The van der Waals surface area contributed by atoms with Crippen molar-refractivity contribution in [2.75, 3.05) is 6.61 Å². The van der Waals surface area contributed by atoms with Gasteiger partial charge in [0.15, 0.2) is 0 Å². The zero-order chi connectivity index (χ0) is 17.3. The number of allylic oxidation sites excluding steroid dienone is 2. The first-order chi connectivity index (χ1) is 11.1. The minimum Gasteiger partial charge on any atom is -0.480 e. The molecule has 23 heavy (non-hydrogen) atoms. The highest BCUT2D eigenvalue weighted by molar-refractivity contribution is 5.83. The van der Waals surface area contributed by atoms with Gasteiger partial charge in [0.25, 0.3) is 0 Å². The SMILES string of the molecule is CCCC/C=C\CCCCCCCC(=O)N[C@@H](CCO)C(=O)O. The fraction of sp³-hybridized carbons (Fsp3) is 0.778. The van der Waals surface area contributed by atoms with E-state index in [0.29, 0.717) is 6.42 Å². The van der Waals surface area contributed by atoms with Gasteiger partial charge >= 0.3 is 5.97 Å². The van der Waals surface area contributed by atoms with Crippen molar-refractivity contribution in [1.29, 1.82) is 0 Å². The third-order valence-corrected chi connectivity index (χ3v) is 3.72. The standard InChI is InChI=1S/C18H33NO4/c1-2-3-4-5-6-7-8-9-10-11-12-13-17(21)19-16(14-15-20)18(22)23/h5-6,16,20H,2-4,7-15H2,1H3,(H,19,21)(H,22,23)/b6-5-/t16-/m0/s1. The molecule has 0 fully saturated rings. The highest BCUT2D eigenvalue weighted by Gasteiger charge is 2.18. The molecule has 0 saturated heterocycles. The molecule has 1 amide bonds. The quantitative estimate of drug-likeness (QED) is 0.318. The predicted octanol–water partition coefficient (Wildman–Crippen LogP) is 3.42. The van der Waals surface area contributed by atoms with Crippen LogP contribution >= 0.6 is 0 Å². The van der Waals surface area contributed by atoms with Gasteiger partial charge in [0.1, 0.15) is 6.04 Å². The van der Waals surface area contributed by atoms with E-state index in [1.165, 1.54) is 32.1 Å². The molecule has 0 aliphatic carbocycles. The maximum atomic E-state index is 11.6. The first-order valence-electron chi connectivity index (χ1n) is 8.89. The molecule has 0 aromatic carbocycles. The molecule has 0 aliphatic heterocycles. The molecule has 0 bridgehead atoms. The van der Waals surface area contributed by atoms with Crippen LogP contribution < -0.4 is 5.32 Å². The highest BCUT2D eigenvalue weighted by atomic mass is 16.4. The van der Waals surface area contributed by atoms with Gasteiger partial charge in [-0.2, -0.15) is 0 Å². The van der Waals surface area contributed by atoms with Crippen molar-refractivity contribution >= 4 is 11.9 Å². The van der Waals surface area contributed by atoms with Crippen LogP contribution in [0.3, 0.4) is 0 Å². The molecule has 5 nitrogen and oxygen atoms in total. The third-order valence-electron chi connectivity index (χ3n) is 3.72. The monoisotopic (exact) mass is 327 g/mol. The van der Waals surface area contributed by atoms with Crippen molar-refractivity contribution < 1.29 is 19.8 Å². The van der Waals surface area contributed by atoms with E-state index >= 15 is 0 Å². The van der Waals surface area contributed by atoms with Crippen LogP contribution in [0.1, 0.15) is 77.6 Å². The maximum absolute atomic E-state index is 11.6. The third kappa shape index (κ3) is 14.0. The molecular weight excluding hydrogens is 294 g/mol. The molecule has 0 aromatic rings. The Balaban J connectivity index is 3.51. The van der Waals surface area contributed by atoms with E-state index in [4.69, 9.17) is 10.2 Å². The van der Waals surface area contributed by atoms with Gasteiger partial charge in [-0.3, -0.25) is 4.79 Å². The van der Waals surface area contributed by atoms with Gasteiger partial charge in [0.05, 0.1) is 0 Å². The second kappa shape index (κ2) is 15.5. The summed E-state index contributed by atoms with van der Waals surface area (Å²) in [5, 5.41) is 20.1. The summed E-state index contributed by atoms with van der Waals surface area (Å²) in [6.45, 7) is 1.95. The van der Waals surface area contributed by atoms with E-state index in [1.807, 2.05) is 0 Å². The Kier molecular flexibility index (Phi) is 14.6. The summed E-state index contributed by atoms with van der Waals surface area (Å²) in [6.07, 6.45) is 15.0. The predicted molar refractivity (Wildman–Crippen MR) is 92.3 cm³/mol. The molecule has 1 atom stereocenters. The van der Waals surface area contributed by atoms with Crippen LogP contribution in [-0.2, 0) is 9.59 Å². The first kappa shape index (κ1) is 21.6. The number of hydrogen-bond donors (Lipinski definition) is 3. The van der Waals surface area contributed by atoms with Crippen molar-refractivity contribution in [3.63, 3.8) is 0 Å². The lowest BCUT2D eigenvalue weighted by Gasteiger charge is -2.12. The lowest BCUT2D eigenvalue weighted by molar-refractivity contribution is -0.142. The number of carbonyl (C=O) groups is 2. The molecule has 0 radical (unpaired) electrons. The minimum absolute atomic E-state index is 0.0485. The average Bonchev–Trinajstić information content (AvgIpc) is 2.52. The summed E-state index contributed by atoms with van der Waals surface area (Å²) in [6, 6.07) is -0.980. The van der Waals surface area contributed by atoms with Gasteiger partial charge in [-0.25, -0.2) is 4.79 Å². The molecule has 0 aromatic heterocycles. The highest BCUT2D eigenvalue weighted by Crippen LogP contribution is 2.08. The Morgan fingerprint density at radius 1 is 1.00 bits per heavy atom. The summed E-state index contributed by atoms with van der Waals surface area (Å²) < 4.78 is 0. The number of carboxylic acid groups (broad SMARTS) is 1. The van der Waals surface area contributed by atoms with E-state index in [1.54, 1.807) is 0 Å². The first-order valence-corrected chi connectivity index (χ1v) is 8.89. The van der Waals surface area contributed by atoms with Gasteiger partial charge in [-0.1, -0.05) is 51.2 Å². The number of amides is 1. The van der Waals surface area contributed by atoms with E-state index in [0.717, 1.165) is 25.7 Å². The molecular formula is C18H33NO4. The van der Waals surface area contributed by atoms with Crippen molar-refractivity contribution in [2.45, 2.75) is 83.6 Å². The molecule has 3 N–H and O–H groups in total. The zero-order valence-corrected chi connectivity index (χ0v) is 14.4. The normalized spacial score (nSPS) is 12.4. The molecule has 134 valence electrons. The Hall–Kier alpha value is -1.36. The lowest BCUT2D eigenvalue weighted by atomic mass is 10.1. The number of aliphatic hydroxyl groups excluding tert-OH is 1. The van der Waals surface area contributed by atoms with Crippen LogP contribution in [-0.4, -0.2) is 34.7 Å². The Labute approximate surface area is 140 Å². The van der Waals surface area contributed by atoms with Gasteiger partial charge in [0.2, 0.25) is 5.91 Å². The van der Waals surface area contributed by atoms with E-state index < -0.39 is 12.0 Å². The van der Waals surface area contributed by atoms with Gasteiger partial charge < -0.3 is 15.5 Å². The van der Waals surface area contributed by atoms with E-state index in [-0.39, 0.29) is 18.9 Å². The smallest absolute Gasteiger partial charge is 0.326 e. The molecule has 0 saturated carbocycles. The number of aliphatic carboxylic acids is 1. The number of rotatable bonds is 15. The summed E-state index contributed by atoms with van der Waals surface area (Å²) in [4.78, 5) is 22.5. The number of unbranched alkanes of at least 4 members (excludes halogenated alkanes) is 7. The van der Waals surface area contributed by atoms with E-state index in [2.05, 4.69) is 24.4 Å². The summed E-state index contributed by atoms with van der Waals surface area (Å²) >= 11 is 0. The van der Waals surface area contributed by atoms with E-state index in [9.17, 15) is 9.59 Å². The summed E-state index contributed by atoms with van der Waals surface area (Å²) in [7, 11) is 0. The fourth-order valence-corrected chi connectivity index (χ4v) is 2.29. The lowest BCUT2D eigenvalue weighted by Crippen LogP contribution is -2.41. The van der Waals surface area contributed by atoms with Crippen LogP contribution in [0, 0.1) is 0 Å². The number of carboxylic acids is 1. The van der Waals surface area contributed by atoms with Crippen LogP contribution in [0.5, 0.6) is 0 Å².